The molecule has 1 aromatic heterocycles. The standard InChI is InChI=1S/C14H16ClN3O/c1-8-4-12(19-3)11(9(2)14(8)15)5-13-17-6-10(16)7-18-13/h4,6-7H,5,16H2,1-3H3. The first-order valence-electron chi connectivity index (χ1n) is 5.92. The number of aromatic nitrogens is 2. The molecule has 0 spiro atoms. The third kappa shape index (κ3) is 2.79. The van der Waals surface area contributed by atoms with Gasteiger partial charge in [0, 0.05) is 17.0 Å². The summed E-state index contributed by atoms with van der Waals surface area (Å²) in [5.74, 6) is 1.50. The molecule has 4 nitrogen and oxygen atoms in total. The first-order valence-corrected chi connectivity index (χ1v) is 6.29. The van der Waals surface area contributed by atoms with Crippen molar-refractivity contribution in [3.8, 4) is 5.75 Å². The normalized spacial score (nSPS) is 10.5. The molecule has 2 N–H and O–H groups in total. The van der Waals surface area contributed by atoms with Gasteiger partial charge < -0.3 is 10.5 Å². The second kappa shape index (κ2) is 5.45. The van der Waals surface area contributed by atoms with Crippen molar-refractivity contribution in [2.45, 2.75) is 20.3 Å². The Bertz CT molecular complexity index is 597. The lowest BCUT2D eigenvalue weighted by Gasteiger charge is -2.14. The van der Waals surface area contributed by atoms with Crippen molar-refractivity contribution >= 4 is 17.3 Å². The van der Waals surface area contributed by atoms with Gasteiger partial charge in [0.2, 0.25) is 0 Å². The average molecular weight is 278 g/mol. The highest BCUT2D eigenvalue weighted by Gasteiger charge is 2.14. The minimum absolute atomic E-state index is 0.550. The molecule has 0 atom stereocenters. The van der Waals surface area contributed by atoms with Crippen molar-refractivity contribution in [2.24, 2.45) is 0 Å². The molecule has 1 aromatic carbocycles. The van der Waals surface area contributed by atoms with E-state index in [2.05, 4.69) is 9.97 Å². The van der Waals surface area contributed by atoms with E-state index in [0.29, 0.717) is 17.9 Å². The zero-order valence-corrected chi connectivity index (χ0v) is 12.0. The molecule has 5 heteroatoms. The van der Waals surface area contributed by atoms with Crippen LogP contribution >= 0.6 is 11.6 Å². The van der Waals surface area contributed by atoms with Crippen LogP contribution in [-0.4, -0.2) is 17.1 Å². The quantitative estimate of drug-likeness (QED) is 0.937. The Morgan fingerprint density at radius 2 is 1.89 bits per heavy atom. The number of nitrogen functional groups attached to an aromatic ring is 1. The van der Waals surface area contributed by atoms with Crippen molar-refractivity contribution < 1.29 is 4.74 Å². The maximum atomic E-state index is 6.29. The minimum atomic E-state index is 0.550. The van der Waals surface area contributed by atoms with E-state index in [1.54, 1.807) is 19.5 Å². The van der Waals surface area contributed by atoms with Crippen molar-refractivity contribution in [2.75, 3.05) is 12.8 Å². The molecule has 0 aliphatic rings. The second-order valence-corrected chi connectivity index (χ2v) is 4.80. The molecule has 1 heterocycles. The molecule has 0 aliphatic heterocycles. The lowest BCUT2D eigenvalue weighted by Crippen LogP contribution is -2.03. The molecule has 0 bridgehead atoms. The van der Waals surface area contributed by atoms with E-state index in [0.717, 1.165) is 27.5 Å². The summed E-state index contributed by atoms with van der Waals surface area (Å²) >= 11 is 6.29. The molecule has 0 unspecified atom stereocenters. The number of halogens is 1. The number of hydrogen-bond donors (Lipinski definition) is 1. The third-order valence-corrected chi connectivity index (χ3v) is 3.63. The van der Waals surface area contributed by atoms with Crippen molar-refractivity contribution in [1.29, 1.82) is 0 Å². The van der Waals surface area contributed by atoms with Crippen molar-refractivity contribution in [3.05, 3.63) is 46.0 Å². The summed E-state index contributed by atoms with van der Waals surface area (Å²) in [6.45, 7) is 3.94. The average Bonchev–Trinajstić information content (AvgIpc) is 2.41. The van der Waals surface area contributed by atoms with Gasteiger partial charge >= 0.3 is 0 Å². The number of hydrogen-bond acceptors (Lipinski definition) is 4. The van der Waals surface area contributed by atoms with Gasteiger partial charge in [-0.25, -0.2) is 9.97 Å². The lowest BCUT2D eigenvalue weighted by atomic mass is 10.0. The fourth-order valence-electron chi connectivity index (χ4n) is 1.98. The van der Waals surface area contributed by atoms with E-state index in [-0.39, 0.29) is 0 Å². The van der Waals surface area contributed by atoms with Crippen LogP contribution in [0.4, 0.5) is 5.69 Å². The highest BCUT2D eigenvalue weighted by atomic mass is 35.5. The number of aryl methyl sites for hydroxylation is 1. The zero-order chi connectivity index (χ0) is 14.0. The Morgan fingerprint density at radius 1 is 1.26 bits per heavy atom. The topological polar surface area (TPSA) is 61.0 Å². The van der Waals surface area contributed by atoms with Crippen LogP contribution in [0.2, 0.25) is 5.02 Å². The van der Waals surface area contributed by atoms with Gasteiger partial charge in [-0.2, -0.15) is 0 Å². The van der Waals surface area contributed by atoms with Gasteiger partial charge in [0.05, 0.1) is 25.2 Å². The van der Waals surface area contributed by atoms with E-state index in [4.69, 9.17) is 22.1 Å². The van der Waals surface area contributed by atoms with Crippen LogP contribution in [0.3, 0.4) is 0 Å². The Balaban J connectivity index is 2.44. The summed E-state index contributed by atoms with van der Waals surface area (Å²) < 4.78 is 5.42. The van der Waals surface area contributed by atoms with Crippen molar-refractivity contribution in [3.63, 3.8) is 0 Å². The highest BCUT2D eigenvalue weighted by molar-refractivity contribution is 6.32. The van der Waals surface area contributed by atoms with E-state index in [9.17, 15) is 0 Å². The molecule has 0 saturated heterocycles. The number of nitrogens with zero attached hydrogens (tertiary/aromatic N) is 2. The van der Waals surface area contributed by atoms with Crippen LogP contribution in [0.1, 0.15) is 22.5 Å². The van der Waals surface area contributed by atoms with Gasteiger partial charge in [-0.05, 0) is 31.0 Å². The molecular weight excluding hydrogens is 262 g/mol. The van der Waals surface area contributed by atoms with E-state index in [1.165, 1.54) is 0 Å². The number of anilines is 1. The van der Waals surface area contributed by atoms with E-state index < -0.39 is 0 Å². The fourth-order valence-corrected chi connectivity index (χ4v) is 2.14. The first-order chi connectivity index (χ1) is 9.02. The summed E-state index contributed by atoms with van der Waals surface area (Å²) in [7, 11) is 1.65. The number of nitrogens with two attached hydrogens (primary N) is 1. The van der Waals surface area contributed by atoms with Gasteiger partial charge in [-0.3, -0.25) is 0 Å². The fraction of sp³-hybridized carbons (Fsp3) is 0.286. The Labute approximate surface area is 117 Å². The Hall–Kier alpha value is -1.81. The van der Waals surface area contributed by atoms with Gasteiger partial charge in [0.1, 0.15) is 11.6 Å². The maximum Gasteiger partial charge on any atom is 0.132 e. The maximum absolute atomic E-state index is 6.29. The Morgan fingerprint density at radius 3 is 2.47 bits per heavy atom. The largest absolute Gasteiger partial charge is 0.496 e. The van der Waals surface area contributed by atoms with Crippen LogP contribution < -0.4 is 10.5 Å². The van der Waals surface area contributed by atoms with Crippen molar-refractivity contribution in [1.82, 2.24) is 9.97 Å². The lowest BCUT2D eigenvalue weighted by molar-refractivity contribution is 0.409. The predicted molar refractivity (Wildman–Crippen MR) is 76.7 cm³/mol. The van der Waals surface area contributed by atoms with Crippen LogP contribution in [0.5, 0.6) is 5.75 Å². The molecule has 100 valence electrons. The number of rotatable bonds is 3. The van der Waals surface area contributed by atoms with Crippen LogP contribution in [0.25, 0.3) is 0 Å². The van der Waals surface area contributed by atoms with Crippen LogP contribution in [0.15, 0.2) is 18.5 Å². The molecule has 2 aromatic rings. The molecule has 0 amide bonds. The minimum Gasteiger partial charge on any atom is -0.496 e. The molecule has 0 saturated carbocycles. The summed E-state index contributed by atoms with van der Waals surface area (Å²) in [6.07, 6.45) is 3.76. The molecule has 0 aliphatic carbocycles. The molecule has 0 radical (unpaired) electrons. The highest BCUT2D eigenvalue weighted by Crippen LogP contribution is 2.32. The zero-order valence-electron chi connectivity index (χ0n) is 11.2. The van der Waals surface area contributed by atoms with Gasteiger partial charge in [-0.15, -0.1) is 0 Å². The monoisotopic (exact) mass is 277 g/mol. The van der Waals surface area contributed by atoms with Gasteiger partial charge in [0.15, 0.2) is 0 Å². The summed E-state index contributed by atoms with van der Waals surface area (Å²) in [4.78, 5) is 8.41. The van der Waals surface area contributed by atoms with Crippen LogP contribution in [0, 0.1) is 13.8 Å². The van der Waals surface area contributed by atoms with E-state index >= 15 is 0 Å². The first kappa shape index (κ1) is 13.6. The summed E-state index contributed by atoms with van der Waals surface area (Å²) in [5, 5.41) is 0.756. The van der Waals surface area contributed by atoms with E-state index in [1.807, 2.05) is 19.9 Å². The predicted octanol–water partition coefficient (Wildman–Crippen LogP) is 2.93. The smallest absolute Gasteiger partial charge is 0.132 e. The molecule has 2 rings (SSSR count). The number of ether oxygens (including phenoxy) is 1. The number of benzene rings is 1. The third-order valence-electron chi connectivity index (χ3n) is 3.05. The van der Waals surface area contributed by atoms with Gasteiger partial charge in [0.25, 0.3) is 0 Å². The van der Waals surface area contributed by atoms with Crippen LogP contribution in [-0.2, 0) is 6.42 Å². The summed E-state index contributed by atoms with van der Waals surface area (Å²) in [6, 6.07) is 1.93. The van der Waals surface area contributed by atoms with Gasteiger partial charge in [-0.1, -0.05) is 11.6 Å². The summed E-state index contributed by atoms with van der Waals surface area (Å²) in [5.41, 5.74) is 9.13. The number of methoxy groups -OCH3 is 1. The SMILES string of the molecule is COc1cc(C)c(Cl)c(C)c1Cc1ncc(N)cn1. The molecular formula is C14H16ClN3O. The second-order valence-electron chi connectivity index (χ2n) is 4.42. The molecule has 19 heavy (non-hydrogen) atoms. The Kier molecular flexibility index (Phi) is 3.90. The molecule has 0 fully saturated rings.